The van der Waals surface area contributed by atoms with E-state index in [1.165, 1.54) is 5.01 Å². The van der Waals surface area contributed by atoms with Gasteiger partial charge < -0.3 is 19.7 Å². The van der Waals surface area contributed by atoms with Gasteiger partial charge in [-0.3, -0.25) is 4.79 Å². The van der Waals surface area contributed by atoms with Crippen LogP contribution in [0, 0.1) is 5.92 Å². The van der Waals surface area contributed by atoms with Gasteiger partial charge in [-0.25, -0.2) is 9.80 Å². The summed E-state index contributed by atoms with van der Waals surface area (Å²) < 4.78 is 11.1. The minimum atomic E-state index is -0.284. The normalized spacial score (nSPS) is 18.3. The van der Waals surface area contributed by atoms with Crippen molar-refractivity contribution in [2.75, 3.05) is 34.4 Å². The van der Waals surface area contributed by atoms with E-state index in [4.69, 9.17) is 14.6 Å². The molecule has 1 unspecified atom stereocenters. The van der Waals surface area contributed by atoms with Crippen LogP contribution in [-0.2, 0) is 6.42 Å². The number of hydrazone groups is 1. The average molecular weight is 479 g/mol. The number of amides is 3. The van der Waals surface area contributed by atoms with Gasteiger partial charge in [0.2, 0.25) is 0 Å². The number of hydrogen-bond donors (Lipinski definition) is 1. The molecule has 3 amide bonds. The number of rotatable bonds is 4. The van der Waals surface area contributed by atoms with Gasteiger partial charge >= 0.3 is 6.03 Å². The van der Waals surface area contributed by atoms with Crippen LogP contribution in [0.4, 0.5) is 4.79 Å². The summed E-state index contributed by atoms with van der Waals surface area (Å²) in [5.74, 6) is 1.93. The first-order chi connectivity index (χ1) is 16.9. The number of carbonyl (C=O) groups excluding carboxylic acids is 2. The molecule has 0 aromatic heterocycles. The molecule has 0 radical (unpaired) electrons. The predicted molar refractivity (Wildman–Crippen MR) is 135 cm³/mol. The van der Waals surface area contributed by atoms with Crippen LogP contribution in [0.25, 0.3) is 0 Å². The second-order valence-electron chi connectivity index (χ2n) is 9.32. The third-order valence-corrected chi connectivity index (χ3v) is 6.90. The standard InChI is InChI=1S/C27H34N4O4/c1-17-10-12-30(13-11-17)26(32)20-8-6-19(7-9-20)25-22-16-24(35-5)23(34-4)15-21(22)14-18(2)31(29-25)27(33)28-3/h6-9,15-18H,10-14H2,1-5H3,(H,28,33). The highest BCUT2D eigenvalue weighted by atomic mass is 16.5. The number of fused-ring (bicyclic) bond motifs is 1. The summed E-state index contributed by atoms with van der Waals surface area (Å²) in [7, 11) is 4.80. The van der Waals surface area contributed by atoms with Crippen molar-refractivity contribution in [2.45, 2.75) is 39.2 Å². The Morgan fingerprint density at radius 1 is 1.00 bits per heavy atom. The summed E-state index contributed by atoms with van der Waals surface area (Å²) in [5.41, 5.74) is 3.97. The predicted octanol–water partition coefficient (Wildman–Crippen LogP) is 3.91. The van der Waals surface area contributed by atoms with Gasteiger partial charge in [-0.1, -0.05) is 19.1 Å². The monoisotopic (exact) mass is 478 g/mol. The number of nitrogens with one attached hydrogen (secondary N) is 1. The summed E-state index contributed by atoms with van der Waals surface area (Å²) in [6.45, 7) is 5.78. The SMILES string of the molecule is CNC(=O)N1N=C(c2ccc(C(=O)N3CCC(C)CC3)cc2)c2cc(OC)c(OC)cc2CC1C. The van der Waals surface area contributed by atoms with Crippen LogP contribution in [0.3, 0.4) is 0 Å². The molecule has 0 aliphatic carbocycles. The van der Waals surface area contributed by atoms with Gasteiger partial charge in [0.05, 0.1) is 26.0 Å². The molecule has 2 aromatic rings. The molecule has 1 N–H and O–H groups in total. The van der Waals surface area contributed by atoms with Gasteiger partial charge in [0.15, 0.2) is 11.5 Å². The maximum absolute atomic E-state index is 13.0. The summed E-state index contributed by atoms with van der Waals surface area (Å²) in [4.78, 5) is 27.6. The van der Waals surface area contributed by atoms with Crippen LogP contribution in [0.5, 0.6) is 11.5 Å². The Kier molecular flexibility index (Phi) is 7.28. The third-order valence-electron chi connectivity index (χ3n) is 6.90. The van der Waals surface area contributed by atoms with Crippen molar-refractivity contribution in [1.29, 1.82) is 0 Å². The minimum Gasteiger partial charge on any atom is -0.493 e. The maximum atomic E-state index is 13.0. The third kappa shape index (κ3) is 4.97. The van der Waals surface area contributed by atoms with Gasteiger partial charge in [-0.05, 0) is 61.9 Å². The van der Waals surface area contributed by atoms with Crippen molar-refractivity contribution < 1.29 is 19.1 Å². The lowest BCUT2D eigenvalue weighted by Crippen LogP contribution is -2.41. The fourth-order valence-corrected chi connectivity index (χ4v) is 4.71. The molecule has 1 fully saturated rings. The molecule has 8 nitrogen and oxygen atoms in total. The van der Waals surface area contributed by atoms with E-state index < -0.39 is 0 Å². The molecule has 2 heterocycles. The van der Waals surface area contributed by atoms with Crippen LogP contribution in [0.15, 0.2) is 41.5 Å². The molecule has 0 bridgehead atoms. The summed E-state index contributed by atoms with van der Waals surface area (Å²) in [5, 5.41) is 8.94. The van der Waals surface area contributed by atoms with Gasteiger partial charge in [0.1, 0.15) is 0 Å². The summed E-state index contributed by atoms with van der Waals surface area (Å²) >= 11 is 0. The van der Waals surface area contributed by atoms with Crippen molar-refractivity contribution in [2.24, 2.45) is 11.0 Å². The number of ether oxygens (including phenoxy) is 2. The zero-order valence-electron chi connectivity index (χ0n) is 21.1. The van der Waals surface area contributed by atoms with Crippen LogP contribution < -0.4 is 14.8 Å². The second kappa shape index (κ2) is 10.4. The Hall–Kier alpha value is -3.55. The summed E-state index contributed by atoms with van der Waals surface area (Å²) in [6, 6.07) is 10.9. The summed E-state index contributed by atoms with van der Waals surface area (Å²) in [6.07, 6.45) is 2.67. The van der Waals surface area contributed by atoms with E-state index in [9.17, 15) is 9.59 Å². The Morgan fingerprint density at radius 3 is 2.23 bits per heavy atom. The molecule has 1 atom stereocenters. The average Bonchev–Trinajstić information content (AvgIpc) is 3.03. The molecule has 0 saturated carbocycles. The van der Waals surface area contributed by atoms with E-state index in [0.29, 0.717) is 35.1 Å². The van der Waals surface area contributed by atoms with Crippen molar-refractivity contribution in [3.8, 4) is 11.5 Å². The molecule has 35 heavy (non-hydrogen) atoms. The van der Waals surface area contributed by atoms with Gasteiger partial charge in [-0.2, -0.15) is 5.10 Å². The van der Waals surface area contributed by atoms with Crippen LogP contribution in [0.1, 0.15) is 53.7 Å². The zero-order chi connectivity index (χ0) is 25.1. The Labute approximate surface area is 206 Å². The lowest BCUT2D eigenvalue weighted by Gasteiger charge is -2.30. The molecule has 0 spiro atoms. The van der Waals surface area contributed by atoms with Crippen LogP contribution in [-0.4, -0.2) is 68.0 Å². The van der Waals surface area contributed by atoms with Gasteiger partial charge in [0, 0.05) is 36.8 Å². The number of hydrogen-bond acceptors (Lipinski definition) is 5. The topological polar surface area (TPSA) is 83.5 Å². The zero-order valence-corrected chi connectivity index (χ0v) is 21.1. The lowest BCUT2D eigenvalue weighted by atomic mass is 9.93. The number of urea groups is 1. The Bertz CT molecular complexity index is 1120. The Balaban J connectivity index is 1.74. The van der Waals surface area contributed by atoms with Crippen LogP contribution >= 0.6 is 0 Å². The molecule has 2 aromatic carbocycles. The molecule has 1 saturated heterocycles. The quantitative estimate of drug-likeness (QED) is 0.722. The smallest absolute Gasteiger partial charge is 0.337 e. The fourth-order valence-electron chi connectivity index (χ4n) is 4.71. The molecular formula is C27H34N4O4. The highest BCUT2D eigenvalue weighted by Crippen LogP contribution is 2.34. The number of piperidine rings is 1. The van der Waals surface area contributed by atoms with Gasteiger partial charge in [0.25, 0.3) is 5.91 Å². The molecular weight excluding hydrogens is 444 g/mol. The van der Waals surface area contributed by atoms with Crippen molar-refractivity contribution >= 4 is 17.6 Å². The minimum absolute atomic E-state index is 0.0543. The van der Waals surface area contributed by atoms with Crippen LogP contribution in [0.2, 0.25) is 0 Å². The van der Waals surface area contributed by atoms with E-state index in [0.717, 1.165) is 42.6 Å². The van der Waals surface area contributed by atoms with Crippen molar-refractivity contribution in [3.05, 3.63) is 58.7 Å². The molecule has 2 aliphatic rings. The van der Waals surface area contributed by atoms with E-state index in [2.05, 4.69) is 12.2 Å². The van der Waals surface area contributed by atoms with E-state index >= 15 is 0 Å². The number of methoxy groups -OCH3 is 2. The van der Waals surface area contributed by atoms with E-state index in [1.54, 1.807) is 21.3 Å². The highest BCUT2D eigenvalue weighted by Gasteiger charge is 2.29. The second-order valence-corrected chi connectivity index (χ2v) is 9.32. The maximum Gasteiger partial charge on any atom is 0.337 e. The Morgan fingerprint density at radius 2 is 1.63 bits per heavy atom. The number of nitrogens with zero attached hydrogens (tertiary/aromatic N) is 3. The van der Waals surface area contributed by atoms with E-state index in [1.807, 2.05) is 48.2 Å². The molecule has 2 aliphatic heterocycles. The number of carbonyl (C=O) groups is 2. The van der Waals surface area contributed by atoms with Gasteiger partial charge in [-0.15, -0.1) is 0 Å². The number of likely N-dealkylation sites (tertiary alicyclic amines) is 1. The molecule has 8 heteroatoms. The first-order valence-corrected chi connectivity index (χ1v) is 12.1. The first kappa shape index (κ1) is 24.6. The largest absolute Gasteiger partial charge is 0.493 e. The van der Waals surface area contributed by atoms with Crippen molar-refractivity contribution in [1.82, 2.24) is 15.2 Å². The van der Waals surface area contributed by atoms with E-state index in [-0.39, 0.29) is 18.0 Å². The number of benzene rings is 2. The van der Waals surface area contributed by atoms with Crippen molar-refractivity contribution in [3.63, 3.8) is 0 Å². The molecule has 4 rings (SSSR count). The first-order valence-electron chi connectivity index (χ1n) is 12.1. The molecule has 186 valence electrons. The highest BCUT2D eigenvalue weighted by molar-refractivity contribution is 6.15. The lowest BCUT2D eigenvalue weighted by molar-refractivity contribution is 0.0697. The fraction of sp³-hybridized carbons (Fsp3) is 0.444.